The van der Waals surface area contributed by atoms with Crippen LogP contribution in [-0.2, 0) is 6.54 Å². The molecule has 0 aliphatic rings. The standard InChI is InChI=1S/C17H12ClN3/c18-17-5-4-15(8-14(17)9-19)21-11-13-3-1-2-12-10-20-7-6-16(12)13/h1-8,10,21H,11H2. The summed E-state index contributed by atoms with van der Waals surface area (Å²) in [7, 11) is 0. The fourth-order valence-electron chi connectivity index (χ4n) is 2.26. The second-order valence-corrected chi connectivity index (χ2v) is 5.08. The van der Waals surface area contributed by atoms with Crippen molar-refractivity contribution in [2.75, 3.05) is 5.32 Å². The van der Waals surface area contributed by atoms with Crippen molar-refractivity contribution in [1.82, 2.24) is 4.98 Å². The van der Waals surface area contributed by atoms with Crippen LogP contribution in [0, 0.1) is 11.3 Å². The monoisotopic (exact) mass is 293 g/mol. The molecule has 0 fully saturated rings. The average Bonchev–Trinajstić information content (AvgIpc) is 2.54. The highest BCUT2D eigenvalue weighted by atomic mass is 35.5. The molecule has 4 heteroatoms. The highest BCUT2D eigenvalue weighted by Crippen LogP contribution is 2.22. The third-order valence-electron chi connectivity index (χ3n) is 3.34. The Morgan fingerprint density at radius 2 is 2.10 bits per heavy atom. The first-order chi connectivity index (χ1) is 10.3. The summed E-state index contributed by atoms with van der Waals surface area (Å²) in [6.07, 6.45) is 3.65. The Kier molecular flexibility index (Phi) is 3.72. The number of hydrogen-bond donors (Lipinski definition) is 1. The molecule has 3 aromatic rings. The molecule has 0 aliphatic carbocycles. The zero-order valence-corrected chi connectivity index (χ0v) is 11.9. The fourth-order valence-corrected chi connectivity index (χ4v) is 2.42. The summed E-state index contributed by atoms with van der Waals surface area (Å²) in [6.45, 7) is 0.674. The van der Waals surface area contributed by atoms with Gasteiger partial charge < -0.3 is 5.32 Å². The Hall–Kier alpha value is -2.57. The number of anilines is 1. The van der Waals surface area contributed by atoms with Crippen molar-refractivity contribution < 1.29 is 0 Å². The SMILES string of the molecule is N#Cc1cc(NCc2cccc3cnccc23)ccc1Cl. The van der Waals surface area contributed by atoms with Gasteiger partial charge in [0.15, 0.2) is 0 Å². The van der Waals surface area contributed by atoms with Crippen molar-refractivity contribution in [2.24, 2.45) is 0 Å². The van der Waals surface area contributed by atoms with E-state index < -0.39 is 0 Å². The zero-order chi connectivity index (χ0) is 14.7. The summed E-state index contributed by atoms with van der Waals surface area (Å²) < 4.78 is 0. The minimum absolute atomic E-state index is 0.472. The summed E-state index contributed by atoms with van der Waals surface area (Å²) in [6, 6.07) is 15.6. The van der Waals surface area contributed by atoms with E-state index >= 15 is 0 Å². The van der Waals surface area contributed by atoms with Gasteiger partial charge >= 0.3 is 0 Å². The summed E-state index contributed by atoms with van der Waals surface area (Å²) >= 11 is 5.93. The molecule has 0 amide bonds. The number of fused-ring (bicyclic) bond motifs is 1. The maximum absolute atomic E-state index is 9.00. The van der Waals surface area contributed by atoms with Crippen LogP contribution in [-0.4, -0.2) is 4.98 Å². The third-order valence-corrected chi connectivity index (χ3v) is 3.67. The molecule has 1 heterocycles. The highest BCUT2D eigenvalue weighted by Gasteiger charge is 2.03. The first kappa shape index (κ1) is 13.4. The molecule has 0 unspecified atom stereocenters. The van der Waals surface area contributed by atoms with Gasteiger partial charge in [-0.2, -0.15) is 5.26 Å². The molecule has 0 spiro atoms. The van der Waals surface area contributed by atoms with Crippen LogP contribution in [0.2, 0.25) is 5.02 Å². The van der Waals surface area contributed by atoms with E-state index in [2.05, 4.69) is 22.4 Å². The molecule has 0 aliphatic heterocycles. The second kappa shape index (κ2) is 5.82. The number of benzene rings is 2. The molecule has 1 aromatic heterocycles. The minimum atomic E-state index is 0.472. The summed E-state index contributed by atoms with van der Waals surface area (Å²) in [5.41, 5.74) is 2.54. The van der Waals surface area contributed by atoms with E-state index in [0.717, 1.165) is 11.1 Å². The number of nitriles is 1. The molecule has 21 heavy (non-hydrogen) atoms. The van der Waals surface area contributed by atoms with Crippen molar-refractivity contribution >= 4 is 28.1 Å². The van der Waals surface area contributed by atoms with E-state index in [4.69, 9.17) is 16.9 Å². The first-order valence-electron chi connectivity index (χ1n) is 6.53. The van der Waals surface area contributed by atoms with Crippen molar-refractivity contribution in [3.8, 4) is 6.07 Å². The van der Waals surface area contributed by atoms with Crippen LogP contribution in [0.5, 0.6) is 0 Å². The molecular formula is C17H12ClN3. The molecule has 0 saturated carbocycles. The Labute approximate surface area is 127 Å². The fraction of sp³-hybridized carbons (Fsp3) is 0.0588. The van der Waals surface area contributed by atoms with Gasteiger partial charge in [0.2, 0.25) is 0 Å². The highest BCUT2D eigenvalue weighted by molar-refractivity contribution is 6.31. The molecule has 102 valence electrons. The molecule has 0 atom stereocenters. The van der Waals surface area contributed by atoms with Gasteiger partial charge in [0.1, 0.15) is 6.07 Å². The number of rotatable bonds is 3. The number of aromatic nitrogens is 1. The summed E-state index contributed by atoms with van der Waals surface area (Å²) in [4.78, 5) is 4.13. The maximum atomic E-state index is 9.00. The van der Waals surface area contributed by atoms with Gasteiger partial charge in [-0.3, -0.25) is 4.98 Å². The Bertz CT molecular complexity index is 832. The van der Waals surface area contributed by atoms with Gasteiger partial charge in [0, 0.05) is 30.0 Å². The maximum Gasteiger partial charge on any atom is 0.101 e. The number of nitrogens with zero attached hydrogens (tertiary/aromatic N) is 2. The summed E-state index contributed by atoms with van der Waals surface area (Å²) in [5, 5.41) is 15.1. The van der Waals surface area contributed by atoms with Crippen LogP contribution in [0.3, 0.4) is 0 Å². The number of hydrogen-bond acceptors (Lipinski definition) is 3. The topological polar surface area (TPSA) is 48.7 Å². The van der Waals surface area contributed by atoms with E-state index in [9.17, 15) is 0 Å². The average molecular weight is 294 g/mol. The predicted molar refractivity (Wildman–Crippen MR) is 85.2 cm³/mol. The van der Waals surface area contributed by atoms with Crippen molar-refractivity contribution in [3.05, 3.63) is 71.0 Å². The molecular weight excluding hydrogens is 282 g/mol. The Morgan fingerprint density at radius 3 is 2.95 bits per heavy atom. The van der Waals surface area contributed by atoms with Crippen LogP contribution >= 0.6 is 11.6 Å². The number of pyridine rings is 1. The van der Waals surface area contributed by atoms with Crippen LogP contribution in [0.15, 0.2) is 54.9 Å². The van der Waals surface area contributed by atoms with Crippen molar-refractivity contribution in [3.63, 3.8) is 0 Å². The number of halogens is 1. The molecule has 3 rings (SSSR count). The van der Waals surface area contributed by atoms with Crippen LogP contribution < -0.4 is 5.32 Å². The molecule has 1 N–H and O–H groups in total. The molecule has 0 radical (unpaired) electrons. The van der Waals surface area contributed by atoms with Gasteiger partial charge in [-0.05, 0) is 35.2 Å². The van der Waals surface area contributed by atoms with Gasteiger partial charge in [0.25, 0.3) is 0 Å². The molecule has 3 nitrogen and oxygen atoms in total. The van der Waals surface area contributed by atoms with E-state index in [1.165, 1.54) is 10.9 Å². The lowest BCUT2D eigenvalue weighted by Crippen LogP contribution is -2.00. The van der Waals surface area contributed by atoms with Gasteiger partial charge in [-0.25, -0.2) is 0 Å². The van der Waals surface area contributed by atoms with E-state index in [0.29, 0.717) is 17.1 Å². The third kappa shape index (κ3) is 2.81. The van der Waals surface area contributed by atoms with E-state index in [1.54, 1.807) is 18.3 Å². The summed E-state index contributed by atoms with van der Waals surface area (Å²) in [5.74, 6) is 0. The smallest absolute Gasteiger partial charge is 0.101 e. The van der Waals surface area contributed by atoms with Crippen LogP contribution in [0.1, 0.15) is 11.1 Å². The van der Waals surface area contributed by atoms with E-state index in [-0.39, 0.29) is 0 Å². The molecule has 0 saturated heterocycles. The normalized spacial score (nSPS) is 10.3. The zero-order valence-electron chi connectivity index (χ0n) is 11.2. The van der Waals surface area contributed by atoms with Gasteiger partial charge in [-0.1, -0.05) is 29.8 Å². The molecule has 0 bridgehead atoms. The number of nitrogens with one attached hydrogen (secondary N) is 1. The second-order valence-electron chi connectivity index (χ2n) is 4.67. The van der Waals surface area contributed by atoms with Gasteiger partial charge in [0.05, 0.1) is 10.6 Å². The lowest BCUT2D eigenvalue weighted by Gasteiger charge is -2.10. The van der Waals surface area contributed by atoms with Crippen molar-refractivity contribution in [1.29, 1.82) is 5.26 Å². The van der Waals surface area contributed by atoms with E-state index in [1.807, 2.05) is 30.5 Å². The molecule has 2 aromatic carbocycles. The largest absolute Gasteiger partial charge is 0.381 e. The first-order valence-corrected chi connectivity index (χ1v) is 6.91. The Balaban J connectivity index is 1.86. The van der Waals surface area contributed by atoms with Crippen molar-refractivity contribution in [2.45, 2.75) is 6.54 Å². The van der Waals surface area contributed by atoms with Crippen LogP contribution in [0.25, 0.3) is 10.8 Å². The Morgan fingerprint density at radius 1 is 1.19 bits per heavy atom. The predicted octanol–water partition coefficient (Wildman–Crippen LogP) is 4.37. The minimum Gasteiger partial charge on any atom is -0.381 e. The quantitative estimate of drug-likeness (QED) is 0.780. The lowest BCUT2D eigenvalue weighted by atomic mass is 10.1. The van der Waals surface area contributed by atoms with Gasteiger partial charge in [-0.15, -0.1) is 0 Å². The van der Waals surface area contributed by atoms with Crippen LogP contribution in [0.4, 0.5) is 5.69 Å². The lowest BCUT2D eigenvalue weighted by molar-refractivity contribution is 1.16.